The minimum absolute atomic E-state index is 0.0854. The summed E-state index contributed by atoms with van der Waals surface area (Å²) < 4.78 is 6.81. The van der Waals surface area contributed by atoms with Crippen molar-refractivity contribution in [1.82, 2.24) is 9.55 Å². The quantitative estimate of drug-likeness (QED) is 0.890. The van der Waals surface area contributed by atoms with Gasteiger partial charge in [0.1, 0.15) is 17.0 Å². The van der Waals surface area contributed by atoms with Gasteiger partial charge in [-0.25, -0.2) is 4.98 Å². The van der Waals surface area contributed by atoms with Crippen molar-refractivity contribution in [2.45, 2.75) is 31.7 Å². The van der Waals surface area contributed by atoms with Crippen LogP contribution in [0.15, 0.2) is 35.1 Å². The molecular weight excluding hydrogens is 356 g/mol. The summed E-state index contributed by atoms with van der Waals surface area (Å²) in [5.74, 6) is 0.489. The molecule has 0 saturated heterocycles. The first kappa shape index (κ1) is 17.0. The number of allylic oxidation sites excluding steroid dienone is 1. The standard InChI is InChI=1S/C22H20N2O4/c1-28-15-7-5-13(6-8-15)11-14-3-2-4-16-19(14)23-18-9-10-22(21(26)27)12-17(22)24(18)20(16)25/h5-11,17H,2-4,12H2,1H3,(H,26,27). The fraction of sp³-hybridized carbons (Fsp3) is 0.318. The molecule has 6 heteroatoms. The Balaban J connectivity index is 1.60. The predicted octanol–water partition coefficient (Wildman–Crippen LogP) is 3.17. The van der Waals surface area contributed by atoms with Crippen LogP contribution in [-0.2, 0) is 11.2 Å². The Bertz CT molecular complexity index is 1110. The largest absolute Gasteiger partial charge is 0.497 e. The van der Waals surface area contributed by atoms with Crippen LogP contribution in [0.2, 0.25) is 0 Å². The summed E-state index contributed by atoms with van der Waals surface area (Å²) >= 11 is 0. The number of nitrogens with zero attached hydrogens (tertiary/aromatic N) is 2. The van der Waals surface area contributed by atoms with E-state index >= 15 is 0 Å². The first-order valence-electron chi connectivity index (χ1n) is 9.46. The van der Waals surface area contributed by atoms with E-state index in [1.165, 1.54) is 0 Å². The van der Waals surface area contributed by atoms with Crippen LogP contribution in [0, 0.1) is 5.41 Å². The second-order valence-corrected chi connectivity index (χ2v) is 7.67. The number of aromatic nitrogens is 2. The van der Waals surface area contributed by atoms with E-state index < -0.39 is 11.4 Å². The third-order valence-electron chi connectivity index (χ3n) is 6.08. The Labute approximate surface area is 161 Å². The lowest BCUT2D eigenvalue weighted by atomic mass is 9.90. The van der Waals surface area contributed by atoms with Crippen molar-refractivity contribution >= 4 is 23.7 Å². The lowest BCUT2D eigenvalue weighted by Gasteiger charge is -2.23. The lowest BCUT2D eigenvalue weighted by molar-refractivity contribution is -0.141. The van der Waals surface area contributed by atoms with Crippen LogP contribution in [0.25, 0.3) is 17.7 Å². The van der Waals surface area contributed by atoms with Crippen molar-refractivity contribution in [2.24, 2.45) is 5.41 Å². The second-order valence-electron chi connectivity index (χ2n) is 7.67. The Kier molecular flexibility index (Phi) is 3.59. The number of carboxylic acid groups (broad SMARTS) is 1. The number of hydrogen-bond donors (Lipinski definition) is 1. The molecule has 1 fully saturated rings. The first-order valence-corrected chi connectivity index (χ1v) is 9.46. The van der Waals surface area contributed by atoms with Gasteiger partial charge in [0, 0.05) is 5.56 Å². The van der Waals surface area contributed by atoms with Crippen LogP contribution in [0.1, 0.15) is 47.9 Å². The molecule has 3 aliphatic rings. The van der Waals surface area contributed by atoms with Crippen molar-refractivity contribution in [3.63, 3.8) is 0 Å². The van der Waals surface area contributed by atoms with Gasteiger partial charge in [-0.3, -0.25) is 14.2 Å². The van der Waals surface area contributed by atoms with Crippen LogP contribution in [-0.4, -0.2) is 27.7 Å². The van der Waals surface area contributed by atoms with Crippen LogP contribution in [0.3, 0.4) is 0 Å². The molecule has 0 radical (unpaired) electrons. The highest BCUT2D eigenvalue weighted by Crippen LogP contribution is 2.59. The number of rotatable bonds is 3. The molecule has 1 N–H and O–H groups in total. The Morgan fingerprint density at radius 2 is 2.11 bits per heavy atom. The van der Waals surface area contributed by atoms with Crippen molar-refractivity contribution < 1.29 is 14.6 Å². The number of aliphatic carboxylic acids is 1. The van der Waals surface area contributed by atoms with Gasteiger partial charge in [0.15, 0.2) is 0 Å². The molecule has 2 heterocycles. The summed E-state index contributed by atoms with van der Waals surface area (Å²) in [6.45, 7) is 0. The molecule has 2 aliphatic carbocycles. The van der Waals surface area contributed by atoms with E-state index in [0.29, 0.717) is 24.2 Å². The Hall–Kier alpha value is -3.15. The molecule has 2 aromatic rings. The second kappa shape index (κ2) is 5.92. The van der Waals surface area contributed by atoms with Gasteiger partial charge in [0.25, 0.3) is 5.56 Å². The topological polar surface area (TPSA) is 81.4 Å². The Morgan fingerprint density at radius 1 is 1.32 bits per heavy atom. The summed E-state index contributed by atoms with van der Waals surface area (Å²) in [6, 6.07) is 7.47. The third kappa shape index (κ3) is 2.37. The fourth-order valence-electron chi connectivity index (χ4n) is 4.40. The molecule has 1 aromatic heterocycles. The summed E-state index contributed by atoms with van der Waals surface area (Å²) in [4.78, 5) is 29.6. The highest BCUT2D eigenvalue weighted by Gasteiger charge is 2.62. The molecule has 2 unspecified atom stereocenters. The number of ether oxygens (including phenoxy) is 1. The monoisotopic (exact) mass is 376 g/mol. The van der Waals surface area contributed by atoms with E-state index in [1.54, 1.807) is 23.8 Å². The van der Waals surface area contributed by atoms with E-state index in [1.807, 2.05) is 24.3 Å². The average Bonchev–Trinajstić information content (AvgIpc) is 3.46. The highest BCUT2D eigenvalue weighted by atomic mass is 16.5. The van der Waals surface area contributed by atoms with Crippen molar-refractivity contribution in [3.8, 4) is 5.75 Å². The molecule has 142 valence electrons. The van der Waals surface area contributed by atoms with Crippen molar-refractivity contribution in [2.75, 3.05) is 7.11 Å². The summed E-state index contributed by atoms with van der Waals surface area (Å²) in [5, 5.41) is 9.53. The molecule has 1 aliphatic heterocycles. The van der Waals surface area contributed by atoms with E-state index in [9.17, 15) is 14.7 Å². The smallest absolute Gasteiger partial charge is 0.315 e. The zero-order valence-corrected chi connectivity index (χ0v) is 15.5. The van der Waals surface area contributed by atoms with Gasteiger partial charge in [0.2, 0.25) is 0 Å². The maximum Gasteiger partial charge on any atom is 0.315 e. The van der Waals surface area contributed by atoms with Crippen molar-refractivity contribution in [1.29, 1.82) is 0 Å². The number of benzene rings is 1. The maximum atomic E-state index is 13.2. The Morgan fingerprint density at radius 3 is 2.82 bits per heavy atom. The highest BCUT2D eigenvalue weighted by molar-refractivity contribution is 5.85. The van der Waals surface area contributed by atoms with Crippen LogP contribution in [0.5, 0.6) is 5.75 Å². The zero-order chi connectivity index (χ0) is 19.5. The van der Waals surface area contributed by atoms with Gasteiger partial charge in [0.05, 0.1) is 18.8 Å². The number of hydrogen-bond acceptors (Lipinski definition) is 4. The van der Waals surface area contributed by atoms with Gasteiger partial charge < -0.3 is 9.84 Å². The minimum atomic E-state index is -0.927. The summed E-state index contributed by atoms with van der Waals surface area (Å²) in [6.07, 6.45) is 8.35. The zero-order valence-electron chi connectivity index (χ0n) is 15.5. The van der Waals surface area contributed by atoms with Gasteiger partial charge in [-0.05, 0) is 61.1 Å². The predicted molar refractivity (Wildman–Crippen MR) is 105 cm³/mol. The van der Waals surface area contributed by atoms with Crippen LogP contribution in [0.4, 0.5) is 0 Å². The fourth-order valence-corrected chi connectivity index (χ4v) is 4.40. The molecule has 6 nitrogen and oxygen atoms in total. The van der Waals surface area contributed by atoms with Gasteiger partial charge >= 0.3 is 5.97 Å². The molecule has 0 amide bonds. The molecule has 5 rings (SSSR count). The van der Waals surface area contributed by atoms with Crippen molar-refractivity contribution in [3.05, 3.63) is 63.3 Å². The molecule has 1 saturated carbocycles. The molecule has 0 spiro atoms. The lowest BCUT2D eigenvalue weighted by Crippen LogP contribution is -2.33. The van der Waals surface area contributed by atoms with E-state index in [0.717, 1.165) is 35.4 Å². The first-order chi connectivity index (χ1) is 13.5. The molecule has 2 atom stereocenters. The van der Waals surface area contributed by atoms with Crippen LogP contribution >= 0.6 is 0 Å². The molecule has 0 bridgehead atoms. The molecule has 28 heavy (non-hydrogen) atoms. The normalized spacial score (nSPS) is 25.6. The SMILES string of the molecule is COc1ccc(C=C2CCCc3c2nc2n(c3=O)C3CC3(C(=O)O)C=C2)cc1. The van der Waals surface area contributed by atoms with Crippen LogP contribution < -0.4 is 10.3 Å². The van der Waals surface area contributed by atoms with Gasteiger partial charge in [-0.15, -0.1) is 0 Å². The van der Waals surface area contributed by atoms with E-state index in [2.05, 4.69) is 6.08 Å². The number of fused-ring (bicyclic) bond motifs is 4. The summed E-state index contributed by atoms with van der Waals surface area (Å²) in [5.41, 5.74) is 2.53. The number of methoxy groups -OCH3 is 1. The third-order valence-corrected chi connectivity index (χ3v) is 6.08. The molecule has 1 aromatic carbocycles. The average molecular weight is 376 g/mol. The number of carboxylic acids is 1. The van der Waals surface area contributed by atoms with E-state index in [4.69, 9.17) is 9.72 Å². The molecular formula is C22H20N2O4. The van der Waals surface area contributed by atoms with E-state index in [-0.39, 0.29) is 11.6 Å². The minimum Gasteiger partial charge on any atom is -0.497 e. The van der Waals surface area contributed by atoms with Gasteiger partial charge in [-0.2, -0.15) is 0 Å². The number of carbonyl (C=O) groups is 1. The maximum absolute atomic E-state index is 13.2. The van der Waals surface area contributed by atoms with Gasteiger partial charge in [-0.1, -0.05) is 18.2 Å². The summed E-state index contributed by atoms with van der Waals surface area (Å²) in [7, 11) is 1.64.